The molecule has 3 heterocycles. The van der Waals surface area contributed by atoms with Crippen LogP contribution < -0.4 is 5.56 Å². The van der Waals surface area contributed by atoms with Gasteiger partial charge in [-0.15, -0.1) is 0 Å². The predicted molar refractivity (Wildman–Crippen MR) is 91.6 cm³/mol. The fourth-order valence-electron chi connectivity index (χ4n) is 3.45. The first-order valence-corrected chi connectivity index (χ1v) is 8.25. The molecule has 1 atom stereocenters. The number of aromatic amines is 1. The maximum atomic E-state index is 13.0. The predicted octanol–water partition coefficient (Wildman–Crippen LogP) is 2.16. The number of amides is 1. The maximum absolute atomic E-state index is 13.0. The Balaban J connectivity index is 1.66. The molecule has 3 aromatic rings. The Hall–Kier alpha value is -2.96. The molecule has 7 nitrogen and oxygen atoms in total. The summed E-state index contributed by atoms with van der Waals surface area (Å²) < 4.78 is 5.22. The van der Waals surface area contributed by atoms with Crippen LogP contribution in [-0.4, -0.2) is 39.0 Å². The van der Waals surface area contributed by atoms with Gasteiger partial charge in [0.2, 0.25) is 5.89 Å². The largest absolute Gasteiger partial charge is 0.339 e. The molecule has 0 bridgehead atoms. The van der Waals surface area contributed by atoms with E-state index in [0.29, 0.717) is 30.4 Å². The molecule has 4 rings (SSSR count). The third-order valence-electron chi connectivity index (χ3n) is 4.76. The number of para-hydroxylation sites is 1. The van der Waals surface area contributed by atoms with Crippen LogP contribution in [0.5, 0.6) is 0 Å². The van der Waals surface area contributed by atoms with Gasteiger partial charge in [-0.25, -0.2) is 0 Å². The van der Waals surface area contributed by atoms with Gasteiger partial charge in [0, 0.05) is 24.0 Å². The van der Waals surface area contributed by atoms with Gasteiger partial charge in [-0.2, -0.15) is 4.98 Å². The third kappa shape index (κ3) is 2.61. The molecule has 128 valence electrons. The Bertz CT molecular complexity index is 1020. The van der Waals surface area contributed by atoms with Gasteiger partial charge in [-0.05, 0) is 31.9 Å². The summed E-state index contributed by atoms with van der Waals surface area (Å²) >= 11 is 0. The van der Waals surface area contributed by atoms with Crippen LogP contribution in [0.4, 0.5) is 0 Å². The lowest BCUT2D eigenvalue weighted by Crippen LogP contribution is -2.34. The van der Waals surface area contributed by atoms with Crippen molar-refractivity contribution < 1.29 is 9.32 Å². The summed E-state index contributed by atoms with van der Waals surface area (Å²) in [5, 5.41) is 4.69. The van der Waals surface area contributed by atoms with Gasteiger partial charge in [0.25, 0.3) is 11.5 Å². The molecule has 1 aromatic carbocycles. The first-order chi connectivity index (χ1) is 12.0. The molecule has 1 saturated heterocycles. The van der Waals surface area contributed by atoms with Gasteiger partial charge in [0.15, 0.2) is 5.82 Å². The van der Waals surface area contributed by atoms with Crippen LogP contribution in [0.1, 0.15) is 40.0 Å². The van der Waals surface area contributed by atoms with Crippen LogP contribution in [0.25, 0.3) is 10.9 Å². The summed E-state index contributed by atoms with van der Waals surface area (Å²) in [6.45, 7) is 4.63. The molecule has 1 amide bonds. The van der Waals surface area contributed by atoms with E-state index in [0.717, 1.165) is 17.3 Å². The van der Waals surface area contributed by atoms with E-state index in [1.807, 2.05) is 31.2 Å². The molecule has 0 saturated carbocycles. The summed E-state index contributed by atoms with van der Waals surface area (Å²) in [5.41, 5.74) is 1.31. The monoisotopic (exact) mass is 338 g/mol. The second kappa shape index (κ2) is 5.84. The van der Waals surface area contributed by atoms with Gasteiger partial charge >= 0.3 is 0 Å². The number of rotatable bonds is 2. The summed E-state index contributed by atoms with van der Waals surface area (Å²) in [7, 11) is 0. The standard InChI is InChI=1S/C18H18N4O3/c1-10-13-5-3-4-6-14(13)20-16(23)15(10)18(24)22-8-7-12(9-22)17-19-11(2)21-25-17/h3-6,12H,7-9H2,1-2H3,(H,20,23). The van der Waals surface area contributed by atoms with Crippen molar-refractivity contribution in [2.75, 3.05) is 13.1 Å². The number of fused-ring (bicyclic) bond motifs is 1. The average Bonchev–Trinajstić information content (AvgIpc) is 3.23. The molecule has 1 aliphatic rings. The normalized spacial score (nSPS) is 17.4. The van der Waals surface area contributed by atoms with Crippen LogP contribution in [0, 0.1) is 13.8 Å². The minimum atomic E-state index is -0.349. The summed E-state index contributed by atoms with van der Waals surface area (Å²) in [6.07, 6.45) is 0.748. The SMILES string of the molecule is Cc1noc(C2CCN(C(=O)c3c(C)c4ccccc4[nH]c3=O)C2)n1. The van der Waals surface area contributed by atoms with Crippen LogP contribution in [-0.2, 0) is 0 Å². The molecule has 0 spiro atoms. The van der Waals surface area contributed by atoms with E-state index in [4.69, 9.17) is 4.52 Å². The number of benzene rings is 1. The number of carbonyl (C=O) groups is 1. The molecule has 2 aromatic heterocycles. The second-order valence-corrected chi connectivity index (χ2v) is 6.42. The molecule has 7 heteroatoms. The highest BCUT2D eigenvalue weighted by Gasteiger charge is 2.33. The average molecular weight is 338 g/mol. The Labute approximate surface area is 143 Å². The zero-order chi connectivity index (χ0) is 17.6. The van der Waals surface area contributed by atoms with Gasteiger partial charge in [0.05, 0.1) is 5.92 Å². The smallest absolute Gasteiger partial charge is 0.261 e. The maximum Gasteiger partial charge on any atom is 0.261 e. The van der Waals surface area contributed by atoms with Crippen molar-refractivity contribution in [2.24, 2.45) is 0 Å². The van der Waals surface area contributed by atoms with Crippen molar-refractivity contribution in [2.45, 2.75) is 26.2 Å². The fraction of sp³-hybridized carbons (Fsp3) is 0.333. The Morgan fingerprint density at radius 2 is 2.12 bits per heavy atom. The lowest BCUT2D eigenvalue weighted by atomic mass is 10.0. The summed E-state index contributed by atoms with van der Waals surface area (Å²) in [4.78, 5) is 34.2. The van der Waals surface area contributed by atoms with Gasteiger partial charge < -0.3 is 14.4 Å². The number of aromatic nitrogens is 3. The molecule has 1 unspecified atom stereocenters. The Kier molecular flexibility index (Phi) is 3.63. The number of aryl methyl sites for hydroxylation is 2. The Morgan fingerprint density at radius 1 is 1.32 bits per heavy atom. The van der Waals surface area contributed by atoms with Crippen LogP contribution >= 0.6 is 0 Å². The fourth-order valence-corrected chi connectivity index (χ4v) is 3.45. The highest BCUT2D eigenvalue weighted by molar-refractivity contribution is 6.00. The lowest BCUT2D eigenvalue weighted by Gasteiger charge is -2.17. The van der Waals surface area contributed by atoms with Gasteiger partial charge in [-0.1, -0.05) is 23.4 Å². The van der Waals surface area contributed by atoms with E-state index < -0.39 is 0 Å². The van der Waals surface area contributed by atoms with Crippen molar-refractivity contribution in [3.63, 3.8) is 0 Å². The number of H-pyrrole nitrogens is 1. The van der Waals surface area contributed by atoms with Crippen LogP contribution in [0.15, 0.2) is 33.6 Å². The molecule has 1 aliphatic heterocycles. The van der Waals surface area contributed by atoms with Gasteiger partial charge in [-0.3, -0.25) is 9.59 Å². The quantitative estimate of drug-likeness (QED) is 0.773. The first-order valence-electron chi connectivity index (χ1n) is 8.25. The van der Waals surface area contributed by atoms with Crippen LogP contribution in [0.2, 0.25) is 0 Å². The third-order valence-corrected chi connectivity index (χ3v) is 4.76. The van der Waals surface area contributed by atoms with E-state index in [1.165, 1.54) is 0 Å². The highest BCUT2D eigenvalue weighted by atomic mass is 16.5. The molecule has 1 N–H and O–H groups in total. The van der Waals surface area contributed by atoms with E-state index in [-0.39, 0.29) is 22.9 Å². The van der Waals surface area contributed by atoms with E-state index in [1.54, 1.807) is 11.8 Å². The lowest BCUT2D eigenvalue weighted by molar-refractivity contribution is 0.0787. The van der Waals surface area contributed by atoms with Crippen molar-refractivity contribution in [3.05, 3.63) is 57.5 Å². The topological polar surface area (TPSA) is 92.1 Å². The van der Waals surface area contributed by atoms with Crippen LogP contribution in [0.3, 0.4) is 0 Å². The number of nitrogens with zero attached hydrogens (tertiary/aromatic N) is 3. The number of nitrogens with one attached hydrogen (secondary N) is 1. The number of hydrogen-bond acceptors (Lipinski definition) is 5. The molecule has 0 aliphatic carbocycles. The van der Waals surface area contributed by atoms with Gasteiger partial charge in [0.1, 0.15) is 5.56 Å². The van der Waals surface area contributed by atoms with Crippen molar-refractivity contribution in [3.8, 4) is 0 Å². The van der Waals surface area contributed by atoms with E-state index in [2.05, 4.69) is 15.1 Å². The van der Waals surface area contributed by atoms with Crippen molar-refractivity contribution >= 4 is 16.8 Å². The van der Waals surface area contributed by atoms with Crippen molar-refractivity contribution in [1.29, 1.82) is 0 Å². The number of carbonyl (C=O) groups excluding carboxylic acids is 1. The first kappa shape index (κ1) is 15.6. The van der Waals surface area contributed by atoms with E-state index in [9.17, 15) is 9.59 Å². The molecular weight excluding hydrogens is 320 g/mol. The molecule has 0 radical (unpaired) electrons. The zero-order valence-corrected chi connectivity index (χ0v) is 14.1. The highest BCUT2D eigenvalue weighted by Crippen LogP contribution is 2.27. The number of hydrogen-bond donors (Lipinski definition) is 1. The minimum Gasteiger partial charge on any atom is -0.339 e. The summed E-state index contributed by atoms with van der Waals surface area (Å²) in [5.74, 6) is 0.909. The number of pyridine rings is 1. The number of likely N-dealkylation sites (tertiary alicyclic amines) is 1. The summed E-state index contributed by atoms with van der Waals surface area (Å²) in [6, 6.07) is 7.50. The zero-order valence-electron chi connectivity index (χ0n) is 14.1. The van der Waals surface area contributed by atoms with Crippen molar-refractivity contribution in [1.82, 2.24) is 20.0 Å². The van der Waals surface area contributed by atoms with E-state index >= 15 is 0 Å². The Morgan fingerprint density at radius 3 is 2.88 bits per heavy atom. The molecule has 25 heavy (non-hydrogen) atoms. The minimum absolute atomic E-state index is 0.0185. The second-order valence-electron chi connectivity index (χ2n) is 6.42. The molecule has 1 fully saturated rings. The molecular formula is C18H18N4O3.